The topological polar surface area (TPSA) is 21.3 Å². The number of ether oxygens (including phenoxy) is 1. The fourth-order valence-corrected chi connectivity index (χ4v) is 2.39. The Morgan fingerprint density at radius 1 is 0.789 bits per heavy atom. The molecule has 0 radical (unpaired) electrons. The summed E-state index contributed by atoms with van der Waals surface area (Å²) in [6, 6.07) is 0. The van der Waals surface area contributed by atoms with Crippen molar-refractivity contribution in [3.05, 3.63) is 0 Å². The molecule has 2 nitrogen and oxygen atoms in total. The van der Waals surface area contributed by atoms with Gasteiger partial charge in [-0.25, -0.2) is 0 Å². The smallest absolute Gasteiger partial charge is 0.0671 e. The van der Waals surface area contributed by atoms with E-state index in [2.05, 4.69) is 26.1 Å². The number of nitrogens with one attached hydrogen (secondary N) is 1. The van der Waals surface area contributed by atoms with Gasteiger partial charge in [0.25, 0.3) is 0 Å². The van der Waals surface area contributed by atoms with Crippen LogP contribution in [0, 0.1) is 0 Å². The molecule has 116 valence electrons. The fourth-order valence-electron chi connectivity index (χ4n) is 2.39. The molecular weight excluding hydrogens is 234 g/mol. The van der Waals surface area contributed by atoms with E-state index in [1.165, 1.54) is 64.2 Å². The predicted octanol–water partition coefficient (Wildman–Crippen LogP) is 4.92. The SMILES string of the molecule is CCCCCCCCCCCCNCC(C)OCC. The minimum Gasteiger partial charge on any atom is -0.377 e. The van der Waals surface area contributed by atoms with Crippen molar-refractivity contribution in [1.82, 2.24) is 5.32 Å². The van der Waals surface area contributed by atoms with Crippen LogP contribution in [0.2, 0.25) is 0 Å². The van der Waals surface area contributed by atoms with Crippen LogP contribution in [0.3, 0.4) is 0 Å². The molecule has 0 bridgehead atoms. The molecular formula is C17H37NO. The van der Waals surface area contributed by atoms with Crippen LogP contribution in [-0.2, 0) is 4.74 Å². The van der Waals surface area contributed by atoms with Gasteiger partial charge in [0.1, 0.15) is 0 Å². The van der Waals surface area contributed by atoms with Gasteiger partial charge in [-0.1, -0.05) is 64.7 Å². The van der Waals surface area contributed by atoms with Crippen LogP contribution < -0.4 is 5.32 Å². The van der Waals surface area contributed by atoms with Crippen molar-refractivity contribution in [2.24, 2.45) is 0 Å². The lowest BCUT2D eigenvalue weighted by molar-refractivity contribution is 0.0762. The number of hydrogen-bond acceptors (Lipinski definition) is 2. The lowest BCUT2D eigenvalue weighted by Crippen LogP contribution is -2.27. The summed E-state index contributed by atoms with van der Waals surface area (Å²) >= 11 is 0. The van der Waals surface area contributed by atoms with E-state index in [-0.39, 0.29) is 0 Å². The molecule has 0 fully saturated rings. The third-order valence-corrected chi connectivity index (χ3v) is 3.59. The lowest BCUT2D eigenvalue weighted by Gasteiger charge is -2.12. The lowest BCUT2D eigenvalue weighted by atomic mass is 10.1. The van der Waals surface area contributed by atoms with E-state index in [0.717, 1.165) is 19.7 Å². The molecule has 0 saturated carbocycles. The average Bonchev–Trinajstić information content (AvgIpc) is 2.40. The van der Waals surface area contributed by atoms with Gasteiger partial charge in [0.2, 0.25) is 0 Å². The van der Waals surface area contributed by atoms with E-state index in [4.69, 9.17) is 4.74 Å². The zero-order valence-corrected chi connectivity index (χ0v) is 13.7. The summed E-state index contributed by atoms with van der Waals surface area (Å²) in [6.45, 7) is 9.43. The van der Waals surface area contributed by atoms with Crippen LogP contribution in [0.1, 0.15) is 85.0 Å². The standard InChI is InChI=1S/C17H37NO/c1-4-6-7-8-9-10-11-12-13-14-15-18-16-17(3)19-5-2/h17-18H,4-16H2,1-3H3. The predicted molar refractivity (Wildman–Crippen MR) is 85.8 cm³/mol. The highest BCUT2D eigenvalue weighted by molar-refractivity contribution is 4.55. The minimum atomic E-state index is 0.355. The third-order valence-electron chi connectivity index (χ3n) is 3.59. The van der Waals surface area contributed by atoms with Crippen molar-refractivity contribution in [2.45, 2.75) is 91.1 Å². The van der Waals surface area contributed by atoms with Gasteiger partial charge in [-0.3, -0.25) is 0 Å². The molecule has 1 N–H and O–H groups in total. The zero-order valence-electron chi connectivity index (χ0n) is 13.7. The summed E-state index contributed by atoms with van der Waals surface area (Å²) in [7, 11) is 0. The number of unbranched alkanes of at least 4 members (excludes halogenated alkanes) is 9. The van der Waals surface area contributed by atoms with Crippen LogP contribution in [0.5, 0.6) is 0 Å². The van der Waals surface area contributed by atoms with Gasteiger partial charge in [-0.15, -0.1) is 0 Å². The summed E-state index contributed by atoms with van der Waals surface area (Å²) in [6.07, 6.45) is 14.5. The molecule has 0 aliphatic rings. The first-order chi connectivity index (χ1) is 9.31. The molecule has 0 heterocycles. The molecule has 0 aromatic rings. The molecule has 19 heavy (non-hydrogen) atoms. The second-order valence-electron chi connectivity index (χ2n) is 5.65. The van der Waals surface area contributed by atoms with Crippen LogP contribution in [-0.4, -0.2) is 25.8 Å². The van der Waals surface area contributed by atoms with E-state index < -0.39 is 0 Å². The Kier molecular flexibility index (Phi) is 15.9. The molecule has 1 unspecified atom stereocenters. The van der Waals surface area contributed by atoms with E-state index in [9.17, 15) is 0 Å². The summed E-state index contributed by atoms with van der Waals surface area (Å²) in [5.74, 6) is 0. The van der Waals surface area contributed by atoms with Gasteiger partial charge >= 0.3 is 0 Å². The van der Waals surface area contributed by atoms with Crippen LogP contribution >= 0.6 is 0 Å². The molecule has 0 aliphatic heterocycles. The highest BCUT2D eigenvalue weighted by Crippen LogP contribution is 2.10. The quantitative estimate of drug-likeness (QED) is 0.427. The summed E-state index contributed by atoms with van der Waals surface area (Å²) in [5, 5.41) is 3.47. The Hall–Kier alpha value is -0.0800. The van der Waals surface area contributed by atoms with Gasteiger partial charge in [-0.05, 0) is 26.8 Å². The highest BCUT2D eigenvalue weighted by Gasteiger charge is 1.98. The summed E-state index contributed by atoms with van der Waals surface area (Å²) < 4.78 is 5.48. The normalized spacial score (nSPS) is 12.8. The van der Waals surface area contributed by atoms with Gasteiger partial charge in [-0.2, -0.15) is 0 Å². The molecule has 0 spiro atoms. The Morgan fingerprint density at radius 2 is 1.32 bits per heavy atom. The summed E-state index contributed by atoms with van der Waals surface area (Å²) in [4.78, 5) is 0. The van der Waals surface area contributed by atoms with Crippen molar-refractivity contribution in [3.63, 3.8) is 0 Å². The Morgan fingerprint density at radius 3 is 1.84 bits per heavy atom. The second-order valence-corrected chi connectivity index (χ2v) is 5.65. The van der Waals surface area contributed by atoms with Gasteiger partial charge in [0.05, 0.1) is 6.10 Å². The van der Waals surface area contributed by atoms with E-state index in [0.29, 0.717) is 6.10 Å². The molecule has 2 heteroatoms. The van der Waals surface area contributed by atoms with E-state index in [1.807, 2.05) is 0 Å². The van der Waals surface area contributed by atoms with Crippen molar-refractivity contribution in [3.8, 4) is 0 Å². The van der Waals surface area contributed by atoms with Crippen molar-refractivity contribution >= 4 is 0 Å². The number of rotatable bonds is 15. The Bertz CT molecular complexity index is 161. The maximum absolute atomic E-state index is 5.48. The first-order valence-electron chi connectivity index (χ1n) is 8.63. The van der Waals surface area contributed by atoms with Crippen molar-refractivity contribution in [2.75, 3.05) is 19.7 Å². The van der Waals surface area contributed by atoms with E-state index in [1.54, 1.807) is 0 Å². The molecule has 1 atom stereocenters. The zero-order chi connectivity index (χ0) is 14.2. The average molecular weight is 271 g/mol. The van der Waals surface area contributed by atoms with Crippen molar-refractivity contribution in [1.29, 1.82) is 0 Å². The van der Waals surface area contributed by atoms with Gasteiger partial charge < -0.3 is 10.1 Å². The largest absolute Gasteiger partial charge is 0.377 e. The minimum absolute atomic E-state index is 0.355. The molecule has 0 saturated heterocycles. The van der Waals surface area contributed by atoms with Crippen LogP contribution in [0.4, 0.5) is 0 Å². The second kappa shape index (κ2) is 16.0. The maximum Gasteiger partial charge on any atom is 0.0671 e. The first-order valence-corrected chi connectivity index (χ1v) is 8.63. The van der Waals surface area contributed by atoms with Crippen LogP contribution in [0.25, 0.3) is 0 Å². The van der Waals surface area contributed by atoms with Crippen LogP contribution in [0.15, 0.2) is 0 Å². The highest BCUT2D eigenvalue weighted by atomic mass is 16.5. The third kappa shape index (κ3) is 15.9. The monoisotopic (exact) mass is 271 g/mol. The van der Waals surface area contributed by atoms with Gasteiger partial charge in [0, 0.05) is 13.2 Å². The van der Waals surface area contributed by atoms with Crippen molar-refractivity contribution < 1.29 is 4.74 Å². The Labute approximate surface area is 121 Å². The maximum atomic E-state index is 5.48. The van der Waals surface area contributed by atoms with E-state index >= 15 is 0 Å². The molecule has 0 amide bonds. The van der Waals surface area contributed by atoms with Gasteiger partial charge in [0.15, 0.2) is 0 Å². The molecule has 0 aliphatic carbocycles. The molecule has 0 aromatic carbocycles. The molecule has 0 aromatic heterocycles. The Balaban J connectivity index is 2.99. The first kappa shape index (κ1) is 18.9. The fraction of sp³-hybridized carbons (Fsp3) is 1.00. The number of hydrogen-bond donors (Lipinski definition) is 1. The summed E-state index contributed by atoms with van der Waals surface area (Å²) in [5.41, 5.74) is 0. The molecule has 0 rings (SSSR count).